The molecule has 0 unspecified atom stereocenters. The van der Waals surface area contributed by atoms with Crippen molar-refractivity contribution in [3.8, 4) is 0 Å². The van der Waals surface area contributed by atoms with Crippen LogP contribution < -0.4 is 4.90 Å². The molecule has 0 N–H and O–H groups in total. The number of rotatable bonds is 2. The van der Waals surface area contributed by atoms with Crippen LogP contribution in [0.25, 0.3) is 0 Å². The summed E-state index contributed by atoms with van der Waals surface area (Å²) in [6.07, 6.45) is 0.213. The molecule has 4 heteroatoms. The molecule has 0 radical (unpaired) electrons. The minimum Gasteiger partial charge on any atom is -0.310 e. The lowest BCUT2D eigenvalue weighted by Gasteiger charge is -2.17. The summed E-state index contributed by atoms with van der Waals surface area (Å²) in [6, 6.07) is 3.51. The number of carbonyl (C=O) groups excluding carboxylic acids is 1. The molecule has 0 aliphatic rings. The number of para-hydroxylation sites is 1. The van der Waals surface area contributed by atoms with Crippen molar-refractivity contribution in [1.82, 2.24) is 0 Å². The second kappa shape index (κ2) is 4.17. The van der Waals surface area contributed by atoms with E-state index < -0.39 is 11.6 Å². The zero-order valence-electron chi connectivity index (χ0n) is 8.05. The second-order valence-corrected chi connectivity index (χ2v) is 2.88. The summed E-state index contributed by atoms with van der Waals surface area (Å²) in [7, 11) is 1.35. The predicted octanol–water partition coefficient (Wildman–Crippen LogP) is 2.34. The fourth-order valence-electron chi connectivity index (χ4n) is 1.17. The van der Waals surface area contributed by atoms with Gasteiger partial charge in [-0.05, 0) is 12.1 Å². The van der Waals surface area contributed by atoms with Gasteiger partial charge in [0.15, 0.2) is 0 Å². The molecule has 0 bridgehead atoms. The third-order valence-electron chi connectivity index (χ3n) is 1.95. The Labute approximate surface area is 81.1 Å². The number of anilines is 1. The Morgan fingerprint density at radius 2 is 1.86 bits per heavy atom. The van der Waals surface area contributed by atoms with Gasteiger partial charge in [0.05, 0.1) is 0 Å². The molecule has 0 aromatic heterocycles. The molecule has 0 fully saturated rings. The number of nitrogens with zero attached hydrogens (tertiary/aromatic N) is 1. The van der Waals surface area contributed by atoms with Crippen LogP contribution in [0.4, 0.5) is 14.5 Å². The van der Waals surface area contributed by atoms with Crippen LogP contribution in [0.1, 0.15) is 13.3 Å². The summed E-state index contributed by atoms with van der Waals surface area (Å²) in [5, 5.41) is 0. The maximum absolute atomic E-state index is 13.2. The van der Waals surface area contributed by atoms with Gasteiger partial charge < -0.3 is 4.90 Å². The number of benzene rings is 1. The largest absolute Gasteiger partial charge is 0.310 e. The molecule has 1 amide bonds. The molecule has 0 aliphatic heterocycles. The first-order chi connectivity index (χ1) is 6.57. The average molecular weight is 199 g/mol. The van der Waals surface area contributed by atoms with E-state index in [9.17, 15) is 13.6 Å². The highest BCUT2D eigenvalue weighted by Gasteiger charge is 2.17. The number of halogens is 2. The van der Waals surface area contributed by atoms with E-state index in [1.165, 1.54) is 13.1 Å². The first kappa shape index (κ1) is 10.6. The number of carbonyl (C=O) groups is 1. The Hall–Kier alpha value is -1.45. The summed E-state index contributed by atoms with van der Waals surface area (Å²) >= 11 is 0. The summed E-state index contributed by atoms with van der Waals surface area (Å²) in [5.41, 5.74) is -0.292. The molecule has 1 rings (SSSR count). The van der Waals surface area contributed by atoms with Gasteiger partial charge in [-0.25, -0.2) is 8.78 Å². The summed E-state index contributed by atoms with van der Waals surface area (Å²) in [5.74, 6) is -1.78. The van der Waals surface area contributed by atoms with Crippen molar-refractivity contribution in [2.24, 2.45) is 0 Å². The molecule has 2 nitrogen and oxygen atoms in total. The quantitative estimate of drug-likeness (QED) is 0.715. The van der Waals surface area contributed by atoms with Gasteiger partial charge in [0, 0.05) is 13.5 Å². The maximum Gasteiger partial charge on any atom is 0.226 e. The molecule has 1 aromatic rings. The van der Waals surface area contributed by atoms with Crippen LogP contribution in [-0.4, -0.2) is 13.0 Å². The van der Waals surface area contributed by atoms with Gasteiger partial charge in [0.2, 0.25) is 5.91 Å². The smallest absolute Gasteiger partial charge is 0.226 e. The van der Waals surface area contributed by atoms with Crippen molar-refractivity contribution in [1.29, 1.82) is 0 Å². The molecule has 76 valence electrons. The lowest BCUT2D eigenvalue weighted by molar-refractivity contribution is -0.118. The summed E-state index contributed by atoms with van der Waals surface area (Å²) in [4.78, 5) is 12.2. The third kappa shape index (κ3) is 1.89. The summed E-state index contributed by atoms with van der Waals surface area (Å²) < 4.78 is 26.3. The van der Waals surface area contributed by atoms with Gasteiger partial charge in [-0.15, -0.1) is 0 Å². The number of hydrogen-bond donors (Lipinski definition) is 0. The van der Waals surface area contributed by atoms with E-state index in [0.717, 1.165) is 17.0 Å². The van der Waals surface area contributed by atoms with E-state index in [1.54, 1.807) is 6.92 Å². The van der Waals surface area contributed by atoms with Crippen molar-refractivity contribution < 1.29 is 13.6 Å². The van der Waals surface area contributed by atoms with E-state index in [4.69, 9.17) is 0 Å². The van der Waals surface area contributed by atoms with Gasteiger partial charge >= 0.3 is 0 Å². The Morgan fingerprint density at radius 3 is 2.29 bits per heavy atom. The molecule has 0 saturated carbocycles. The molecule has 0 heterocycles. The molecule has 0 saturated heterocycles. The van der Waals surface area contributed by atoms with Crippen LogP contribution >= 0.6 is 0 Å². The van der Waals surface area contributed by atoms with Crippen molar-refractivity contribution >= 4 is 11.6 Å². The minimum absolute atomic E-state index is 0.213. The Balaban J connectivity index is 3.11. The zero-order chi connectivity index (χ0) is 10.7. The van der Waals surface area contributed by atoms with Crippen LogP contribution in [0, 0.1) is 11.6 Å². The first-order valence-corrected chi connectivity index (χ1v) is 4.28. The van der Waals surface area contributed by atoms with E-state index in [-0.39, 0.29) is 18.0 Å². The summed E-state index contributed by atoms with van der Waals surface area (Å²) in [6.45, 7) is 1.64. The van der Waals surface area contributed by atoms with Crippen LogP contribution in [0.5, 0.6) is 0 Å². The monoisotopic (exact) mass is 199 g/mol. The highest BCUT2D eigenvalue weighted by Crippen LogP contribution is 2.22. The lowest BCUT2D eigenvalue weighted by Crippen LogP contribution is -2.27. The van der Waals surface area contributed by atoms with Crippen molar-refractivity contribution in [2.75, 3.05) is 11.9 Å². The Kier molecular flexibility index (Phi) is 3.17. The van der Waals surface area contributed by atoms with Crippen molar-refractivity contribution in [2.45, 2.75) is 13.3 Å². The van der Waals surface area contributed by atoms with Crippen LogP contribution in [0.2, 0.25) is 0 Å². The van der Waals surface area contributed by atoms with E-state index in [2.05, 4.69) is 0 Å². The highest BCUT2D eigenvalue weighted by atomic mass is 19.1. The zero-order valence-corrected chi connectivity index (χ0v) is 8.05. The van der Waals surface area contributed by atoms with Crippen LogP contribution in [0.3, 0.4) is 0 Å². The van der Waals surface area contributed by atoms with E-state index in [1.807, 2.05) is 0 Å². The second-order valence-electron chi connectivity index (χ2n) is 2.88. The first-order valence-electron chi connectivity index (χ1n) is 4.28. The standard InChI is InChI=1S/C10H11F2NO/c1-3-9(14)13(2)10-7(11)5-4-6-8(10)12/h4-6H,3H2,1-2H3. The average Bonchev–Trinajstić information content (AvgIpc) is 2.16. The third-order valence-corrected chi connectivity index (χ3v) is 1.95. The molecule has 0 spiro atoms. The fourth-order valence-corrected chi connectivity index (χ4v) is 1.17. The van der Waals surface area contributed by atoms with Gasteiger partial charge in [-0.2, -0.15) is 0 Å². The lowest BCUT2D eigenvalue weighted by atomic mass is 10.2. The minimum atomic E-state index is -0.727. The van der Waals surface area contributed by atoms with Crippen LogP contribution in [-0.2, 0) is 4.79 Å². The maximum atomic E-state index is 13.2. The van der Waals surface area contributed by atoms with Crippen molar-refractivity contribution in [3.63, 3.8) is 0 Å². The predicted molar refractivity (Wildman–Crippen MR) is 50.1 cm³/mol. The van der Waals surface area contributed by atoms with Gasteiger partial charge in [-0.3, -0.25) is 4.79 Å². The Bertz CT molecular complexity index is 332. The van der Waals surface area contributed by atoms with Crippen LogP contribution in [0.15, 0.2) is 18.2 Å². The molecule has 14 heavy (non-hydrogen) atoms. The van der Waals surface area contributed by atoms with Crippen molar-refractivity contribution in [3.05, 3.63) is 29.8 Å². The molecule has 0 aliphatic carbocycles. The van der Waals surface area contributed by atoms with Gasteiger partial charge in [0.25, 0.3) is 0 Å². The van der Waals surface area contributed by atoms with E-state index in [0.29, 0.717) is 0 Å². The fraction of sp³-hybridized carbons (Fsp3) is 0.300. The van der Waals surface area contributed by atoms with E-state index >= 15 is 0 Å². The van der Waals surface area contributed by atoms with Gasteiger partial charge in [0.1, 0.15) is 17.3 Å². The molecule has 0 atom stereocenters. The Morgan fingerprint density at radius 1 is 1.36 bits per heavy atom. The SMILES string of the molecule is CCC(=O)N(C)c1c(F)cccc1F. The number of amides is 1. The molecule has 1 aromatic carbocycles. The number of hydrogen-bond acceptors (Lipinski definition) is 1. The molecular formula is C10H11F2NO. The normalized spacial score (nSPS) is 10.0. The topological polar surface area (TPSA) is 20.3 Å². The van der Waals surface area contributed by atoms with Gasteiger partial charge in [-0.1, -0.05) is 13.0 Å². The molecular weight excluding hydrogens is 188 g/mol. The highest BCUT2D eigenvalue weighted by molar-refractivity contribution is 5.92.